The topological polar surface area (TPSA) is 47.5 Å². The Bertz CT molecular complexity index is 876. The largest absolute Gasteiger partial charge is 0.480 e. The van der Waals surface area contributed by atoms with Gasteiger partial charge in [-0.25, -0.2) is 9.97 Å². The van der Waals surface area contributed by atoms with Crippen molar-refractivity contribution in [1.82, 2.24) is 14.9 Å². The van der Waals surface area contributed by atoms with Crippen LogP contribution in [-0.2, 0) is 11.3 Å². The van der Waals surface area contributed by atoms with Gasteiger partial charge < -0.3 is 9.47 Å². The predicted octanol–water partition coefficient (Wildman–Crippen LogP) is 3.14. The first-order valence-corrected chi connectivity index (χ1v) is 8.52. The Hall–Kier alpha value is -2.50. The maximum atomic E-state index is 5.46. The summed E-state index contributed by atoms with van der Waals surface area (Å²) in [5.41, 5.74) is 4.60. The Balaban J connectivity index is 1.73. The third-order valence-electron chi connectivity index (χ3n) is 4.62. The predicted molar refractivity (Wildman–Crippen MR) is 97.6 cm³/mol. The minimum absolute atomic E-state index is 0.609. The Labute approximate surface area is 147 Å². The third-order valence-corrected chi connectivity index (χ3v) is 4.62. The Morgan fingerprint density at radius 1 is 1.08 bits per heavy atom. The van der Waals surface area contributed by atoms with Crippen molar-refractivity contribution in [3.05, 3.63) is 54.4 Å². The first kappa shape index (κ1) is 16.0. The summed E-state index contributed by atoms with van der Waals surface area (Å²) in [5, 5.41) is 0.934. The molecular weight excluding hydrogens is 314 g/mol. The average molecular weight is 335 g/mol. The summed E-state index contributed by atoms with van der Waals surface area (Å²) >= 11 is 0. The molecule has 0 atom stereocenters. The van der Waals surface area contributed by atoms with Crippen molar-refractivity contribution in [2.45, 2.75) is 6.54 Å². The molecule has 128 valence electrons. The van der Waals surface area contributed by atoms with Gasteiger partial charge in [-0.05, 0) is 28.8 Å². The third kappa shape index (κ3) is 3.34. The molecule has 2 aromatic carbocycles. The SMILES string of the molecule is COc1ncnc2ccc(-c3ccccc3CN3CCOCC3)cc12. The summed E-state index contributed by atoms with van der Waals surface area (Å²) in [6.07, 6.45) is 1.53. The molecule has 5 heteroatoms. The van der Waals surface area contributed by atoms with Crippen LogP contribution in [0.1, 0.15) is 5.56 Å². The van der Waals surface area contributed by atoms with E-state index in [4.69, 9.17) is 9.47 Å². The molecule has 1 aliphatic rings. The lowest BCUT2D eigenvalue weighted by atomic mass is 9.98. The van der Waals surface area contributed by atoms with E-state index in [9.17, 15) is 0 Å². The number of hydrogen-bond acceptors (Lipinski definition) is 5. The fourth-order valence-electron chi connectivity index (χ4n) is 3.30. The van der Waals surface area contributed by atoms with Gasteiger partial charge >= 0.3 is 0 Å². The van der Waals surface area contributed by atoms with E-state index in [0.29, 0.717) is 5.88 Å². The van der Waals surface area contributed by atoms with E-state index in [2.05, 4.69) is 51.3 Å². The molecule has 4 rings (SSSR count). The molecule has 0 bridgehead atoms. The monoisotopic (exact) mass is 335 g/mol. The van der Waals surface area contributed by atoms with Gasteiger partial charge in [0, 0.05) is 19.6 Å². The minimum atomic E-state index is 0.609. The average Bonchev–Trinajstić information content (AvgIpc) is 2.68. The van der Waals surface area contributed by atoms with Crippen molar-refractivity contribution in [1.29, 1.82) is 0 Å². The quantitative estimate of drug-likeness (QED) is 0.733. The molecule has 0 amide bonds. The molecule has 3 aromatic rings. The molecule has 1 saturated heterocycles. The molecule has 0 unspecified atom stereocenters. The zero-order valence-electron chi connectivity index (χ0n) is 14.3. The highest BCUT2D eigenvalue weighted by Gasteiger charge is 2.14. The number of methoxy groups -OCH3 is 1. The molecule has 0 spiro atoms. The second kappa shape index (κ2) is 7.17. The van der Waals surface area contributed by atoms with Crippen LogP contribution < -0.4 is 4.74 Å². The zero-order valence-corrected chi connectivity index (χ0v) is 14.3. The van der Waals surface area contributed by atoms with Gasteiger partial charge in [-0.2, -0.15) is 0 Å². The maximum absolute atomic E-state index is 5.46. The van der Waals surface area contributed by atoms with Gasteiger partial charge in [0.05, 0.1) is 31.2 Å². The Morgan fingerprint density at radius 3 is 2.76 bits per heavy atom. The smallest absolute Gasteiger partial charge is 0.224 e. The molecule has 0 aliphatic carbocycles. The number of hydrogen-bond donors (Lipinski definition) is 0. The van der Waals surface area contributed by atoms with Crippen molar-refractivity contribution in [2.75, 3.05) is 33.4 Å². The van der Waals surface area contributed by atoms with Crippen LogP contribution in [0.2, 0.25) is 0 Å². The van der Waals surface area contributed by atoms with E-state index in [1.807, 2.05) is 6.07 Å². The van der Waals surface area contributed by atoms with Gasteiger partial charge in [-0.3, -0.25) is 4.90 Å². The van der Waals surface area contributed by atoms with Crippen molar-refractivity contribution >= 4 is 10.9 Å². The van der Waals surface area contributed by atoms with Crippen molar-refractivity contribution in [2.24, 2.45) is 0 Å². The van der Waals surface area contributed by atoms with E-state index in [-0.39, 0.29) is 0 Å². The van der Waals surface area contributed by atoms with Crippen LogP contribution in [0, 0.1) is 0 Å². The number of benzene rings is 2. The summed E-state index contributed by atoms with van der Waals surface area (Å²) in [5.74, 6) is 0.609. The van der Waals surface area contributed by atoms with Gasteiger partial charge in [0.2, 0.25) is 5.88 Å². The second-order valence-corrected chi connectivity index (χ2v) is 6.16. The van der Waals surface area contributed by atoms with Gasteiger partial charge in [-0.1, -0.05) is 30.3 Å². The van der Waals surface area contributed by atoms with Crippen LogP contribution in [0.3, 0.4) is 0 Å². The summed E-state index contributed by atoms with van der Waals surface area (Å²) in [4.78, 5) is 11.0. The van der Waals surface area contributed by atoms with E-state index >= 15 is 0 Å². The normalized spacial score (nSPS) is 15.4. The van der Waals surface area contributed by atoms with E-state index in [1.165, 1.54) is 17.5 Å². The summed E-state index contributed by atoms with van der Waals surface area (Å²) in [6.45, 7) is 4.51. The lowest BCUT2D eigenvalue weighted by Gasteiger charge is -2.27. The van der Waals surface area contributed by atoms with Crippen LogP contribution in [0.4, 0.5) is 0 Å². The van der Waals surface area contributed by atoms with Gasteiger partial charge in [-0.15, -0.1) is 0 Å². The highest BCUT2D eigenvalue weighted by molar-refractivity contribution is 5.88. The van der Waals surface area contributed by atoms with Crippen LogP contribution >= 0.6 is 0 Å². The van der Waals surface area contributed by atoms with E-state index in [0.717, 1.165) is 49.3 Å². The fourth-order valence-corrected chi connectivity index (χ4v) is 3.30. The summed E-state index contributed by atoms with van der Waals surface area (Å²) < 4.78 is 10.9. The number of aromatic nitrogens is 2. The van der Waals surface area contributed by atoms with E-state index < -0.39 is 0 Å². The molecule has 1 aliphatic heterocycles. The van der Waals surface area contributed by atoms with Crippen molar-refractivity contribution in [3.8, 4) is 17.0 Å². The molecule has 0 radical (unpaired) electrons. The molecule has 5 nitrogen and oxygen atoms in total. The molecule has 1 aromatic heterocycles. The van der Waals surface area contributed by atoms with Crippen molar-refractivity contribution in [3.63, 3.8) is 0 Å². The van der Waals surface area contributed by atoms with Gasteiger partial charge in [0.25, 0.3) is 0 Å². The lowest BCUT2D eigenvalue weighted by Crippen LogP contribution is -2.35. The molecule has 2 heterocycles. The molecule has 0 N–H and O–H groups in total. The molecular formula is C20H21N3O2. The first-order chi connectivity index (χ1) is 12.3. The number of fused-ring (bicyclic) bond motifs is 1. The minimum Gasteiger partial charge on any atom is -0.480 e. The first-order valence-electron chi connectivity index (χ1n) is 8.52. The molecule has 0 saturated carbocycles. The highest BCUT2D eigenvalue weighted by atomic mass is 16.5. The van der Waals surface area contributed by atoms with Gasteiger partial charge in [0.15, 0.2) is 0 Å². The van der Waals surface area contributed by atoms with Crippen LogP contribution in [-0.4, -0.2) is 48.3 Å². The maximum Gasteiger partial charge on any atom is 0.224 e. The zero-order chi connectivity index (χ0) is 17.1. The summed E-state index contributed by atoms with van der Waals surface area (Å²) in [7, 11) is 1.64. The number of nitrogens with zero attached hydrogens (tertiary/aromatic N) is 3. The molecule has 1 fully saturated rings. The van der Waals surface area contributed by atoms with Crippen LogP contribution in [0.25, 0.3) is 22.0 Å². The standard InChI is InChI=1S/C20H21N3O2/c1-24-20-18-12-15(6-7-19(18)21-14-22-20)17-5-3-2-4-16(17)13-23-8-10-25-11-9-23/h2-7,12,14H,8-11,13H2,1H3. The van der Waals surface area contributed by atoms with Gasteiger partial charge in [0.1, 0.15) is 6.33 Å². The molecule has 25 heavy (non-hydrogen) atoms. The van der Waals surface area contributed by atoms with Crippen LogP contribution in [0.5, 0.6) is 5.88 Å². The Morgan fingerprint density at radius 2 is 1.92 bits per heavy atom. The van der Waals surface area contributed by atoms with Crippen LogP contribution in [0.15, 0.2) is 48.8 Å². The number of rotatable bonds is 4. The fraction of sp³-hybridized carbons (Fsp3) is 0.300. The Kier molecular flexibility index (Phi) is 4.59. The summed E-state index contributed by atoms with van der Waals surface area (Å²) in [6, 6.07) is 14.8. The number of morpholine rings is 1. The number of ether oxygens (including phenoxy) is 2. The highest BCUT2D eigenvalue weighted by Crippen LogP contribution is 2.30. The van der Waals surface area contributed by atoms with Crippen molar-refractivity contribution < 1.29 is 9.47 Å². The van der Waals surface area contributed by atoms with E-state index in [1.54, 1.807) is 7.11 Å². The second-order valence-electron chi connectivity index (χ2n) is 6.16. The lowest BCUT2D eigenvalue weighted by molar-refractivity contribution is 0.0342.